The number of benzene rings is 1. The van der Waals surface area contributed by atoms with Crippen molar-refractivity contribution in [2.45, 2.75) is 13.3 Å². The fourth-order valence-corrected chi connectivity index (χ4v) is 3.86. The van der Waals surface area contributed by atoms with E-state index in [1.54, 1.807) is 4.68 Å². The minimum absolute atomic E-state index is 0.840. The van der Waals surface area contributed by atoms with E-state index in [0.29, 0.717) is 0 Å². The topological polar surface area (TPSA) is 62.3 Å². The molecule has 3 aromatic heterocycles. The van der Waals surface area contributed by atoms with Gasteiger partial charge in [-0.05, 0) is 48.3 Å². The van der Waals surface area contributed by atoms with Gasteiger partial charge in [0.2, 0.25) is 0 Å². The summed E-state index contributed by atoms with van der Waals surface area (Å²) >= 11 is 0. The molecule has 0 saturated carbocycles. The van der Waals surface area contributed by atoms with Gasteiger partial charge in [-0.3, -0.25) is 9.78 Å². The van der Waals surface area contributed by atoms with Gasteiger partial charge in [0.1, 0.15) is 5.69 Å². The number of nitrogens with zero attached hydrogens (tertiary/aromatic N) is 3. The van der Waals surface area contributed by atoms with Crippen LogP contribution in [0.25, 0.3) is 46.1 Å². The molecular formula is C25H23N5. The number of H-pyrrole nitrogens is 2. The molecule has 0 saturated heterocycles. The van der Waals surface area contributed by atoms with E-state index in [2.05, 4.69) is 82.4 Å². The van der Waals surface area contributed by atoms with E-state index < -0.39 is 0 Å². The Morgan fingerprint density at radius 3 is 2.97 bits per heavy atom. The van der Waals surface area contributed by atoms with Crippen molar-refractivity contribution in [1.29, 1.82) is 0 Å². The van der Waals surface area contributed by atoms with Gasteiger partial charge < -0.3 is 4.98 Å². The fraction of sp³-hybridized carbons (Fsp3) is 0.120. The number of aromatic amines is 2. The summed E-state index contributed by atoms with van der Waals surface area (Å²) in [7, 11) is 1.92. The smallest absolute Gasteiger partial charge is 0.116 e. The summed E-state index contributed by atoms with van der Waals surface area (Å²) in [6.45, 7) is 6.34. The lowest BCUT2D eigenvalue weighted by Crippen LogP contribution is -2.21. The molecule has 1 aliphatic rings. The Morgan fingerprint density at radius 1 is 1.30 bits per heavy atom. The Bertz CT molecular complexity index is 1450. The average molecular weight is 393 g/mol. The van der Waals surface area contributed by atoms with Gasteiger partial charge in [-0.2, -0.15) is 10.2 Å². The molecule has 4 aromatic rings. The van der Waals surface area contributed by atoms with Crippen LogP contribution in [0, 0.1) is 0 Å². The second kappa shape index (κ2) is 7.19. The number of aryl methyl sites for hydroxylation is 1. The first-order valence-electron chi connectivity index (χ1n) is 10.0. The highest BCUT2D eigenvalue weighted by Gasteiger charge is 2.12. The summed E-state index contributed by atoms with van der Waals surface area (Å²) in [5, 5.41) is 14.9. The molecular weight excluding hydrogens is 370 g/mol. The minimum atomic E-state index is 0.840. The van der Waals surface area contributed by atoms with Gasteiger partial charge in [0.05, 0.1) is 17.2 Å². The third-order valence-electron chi connectivity index (χ3n) is 5.56. The molecule has 5 nitrogen and oxygen atoms in total. The lowest BCUT2D eigenvalue weighted by molar-refractivity contribution is 0.767. The number of aromatic nitrogens is 5. The van der Waals surface area contributed by atoms with Crippen LogP contribution in [-0.4, -0.2) is 25.0 Å². The molecule has 0 fully saturated rings. The van der Waals surface area contributed by atoms with E-state index >= 15 is 0 Å². The van der Waals surface area contributed by atoms with E-state index in [1.807, 2.05) is 25.5 Å². The van der Waals surface area contributed by atoms with E-state index in [4.69, 9.17) is 0 Å². The zero-order chi connectivity index (χ0) is 20.7. The minimum Gasteiger partial charge on any atom is -0.353 e. The van der Waals surface area contributed by atoms with Crippen molar-refractivity contribution < 1.29 is 0 Å². The van der Waals surface area contributed by atoms with Crippen LogP contribution in [0.1, 0.15) is 24.5 Å². The molecule has 30 heavy (non-hydrogen) atoms. The molecule has 0 radical (unpaired) electrons. The van der Waals surface area contributed by atoms with Gasteiger partial charge in [0.25, 0.3) is 0 Å². The number of fused-ring (bicyclic) bond motifs is 1. The standard InChI is InChI=1S/C25H23N5/c1-16(19-14-26-30(3)15-19)11-12-22-17(2)25(29-28-22)24-13-21-20(18-7-4-5-8-18)9-6-10-23(21)27-24/h4,6-15,27-28H,2,5H2,1,3H3/b16-11+,22-12+. The van der Waals surface area contributed by atoms with Crippen LogP contribution in [-0.2, 0) is 7.05 Å². The van der Waals surface area contributed by atoms with Crippen LogP contribution >= 0.6 is 0 Å². The van der Waals surface area contributed by atoms with Gasteiger partial charge in [-0.25, -0.2) is 0 Å². The normalized spacial score (nSPS) is 14.8. The number of hydrogen-bond donors (Lipinski definition) is 2. The van der Waals surface area contributed by atoms with Crippen LogP contribution in [0.5, 0.6) is 0 Å². The highest BCUT2D eigenvalue weighted by molar-refractivity contribution is 5.97. The molecule has 3 heterocycles. The molecule has 2 N–H and O–H groups in total. The second-order valence-corrected chi connectivity index (χ2v) is 7.63. The van der Waals surface area contributed by atoms with Crippen molar-refractivity contribution in [1.82, 2.24) is 25.0 Å². The Labute approximate surface area is 174 Å². The highest BCUT2D eigenvalue weighted by atomic mass is 15.2. The summed E-state index contributed by atoms with van der Waals surface area (Å²) in [6, 6.07) is 8.53. The van der Waals surface area contributed by atoms with Gasteiger partial charge in [0, 0.05) is 34.9 Å². The fourth-order valence-electron chi connectivity index (χ4n) is 3.86. The first-order valence-corrected chi connectivity index (χ1v) is 10.0. The molecule has 5 heteroatoms. The molecule has 148 valence electrons. The van der Waals surface area contributed by atoms with E-state index in [9.17, 15) is 0 Å². The largest absolute Gasteiger partial charge is 0.353 e. The molecule has 0 atom stereocenters. The number of rotatable bonds is 4. The zero-order valence-corrected chi connectivity index (χ0v) is 17.1. The molecule has 5 rings (SSSR count). The van der Waals surface area contributed by atoms with E-state index in [0.717, 1.165) is 45.0 Å². The molecule has 0 spiro atoms. The van der Waals surface area contributed by atoms with Crippen LogP contribution in [0.3, 0.4) is 0 Å². The van der Waals surface area contributed by atoms with Crippen molar-refractivity contribution in [3.8, 4) is 11.4 Å². The summed E-state index contributed by atoms with van der Waals surface area (Å²) in [5.41, 5.74) is 7.65. The molecule has 0 aliphatic heterocycles. The SMILES string of the molecule is C=c1c(-c2cc3c(C4=CCC=C4)cccc3[nH]2)n[nH]/c1=C/C=C(\C)c1cnn(C)c1. The number of hydrogen-bond acceptors (Lipinski definition) is 2. The first kappa shape index (κ1) is 18.2. The predicted molar refractivity (Wildman–Crippen MR) is 124 cm³/mol. The highest BCUT2D eigenvalue weighted by Crippen LogP contribution is 2.31. The molecule has 1 aliphatic carbocycles. The molecule has 0 bridgehead atoms. The Hall–Kier alpha value is -3.86. The maximum atomic E-state index is 4.54. The summed E-state index contributed by atoms with van der Waals surface area (Å²) in [5.74, 6) is 0. The van der Waals surface area contributed by atoms with Crippen LogP contribution in [0.15, 0.2) is 61.0 Å². The van der Waals surface area contributed by atoms with Crippen LogP contribution in [0.2, 0.25) is 0 Å². The number of allylic oxidation sites excluding steroid dienone is 6. The molecule has 1 aromatic carbocycles. The molecule has 0 unspecified atom stereocenters. The average Bonchev–Trinajstić information content (AvgIpc) is 3.52. The maximum Gasteiger partial charge on any atom is 0.116 e. The Kier molecular flexibility index (Phi) is 4.36. The van der Waals surface area contributed by atoms with Gasteiger partial charge in [-0.15, -0.1) is 0 Å². The first-order chi connectivity index (χ1) is 14.6. The molecule has 0 amide bonds. The van der Waals surface area contributed by atoms with E-state index in [1.165, 1.54) is 16.5 Å². The van der Waals surface area contributed by atoms with Crippen molar-refractivity contribution in [2.75, 3.05) is 0 Å². The Balaban J connectivity index is 1.54. The number of nitrogens with one attached hydrogen (secondary N) is 2. The summed E-state index contributed by atoms with van der Waals surface area (Å²) in [4.78, 5) is 3.51. The van der Waals surface area contributed by atoms with Crippen molar-refractivity contribution in [3.63, 3.8) is 0 Å². The van der Waals surface area contributed by atoms with Gasteiger partial charge in [0.15, 0.2) is 0 Å². The van der Waals surface area contributed by atoms with Crippen LogP contribution < -0.4 is 10.6 Å². The third kappa shape index (κ3) is 3.14. The quantitative estimate of drug-likeness (QED) is 0.552. The lowest BCUT2D eigenvalue weighted by Gasteiger charge is -2.01. The maximum absolute atomic E-state index is 4.54. The van der Waals surface area contributed by atoms with Crippen molar-refractivity contribution >= 4 is 34.7 Å². The van der Waals surface area contributed by atoms with E-state index in [-0.39, 0.29) is 0 Å². The summed E-state index contributed by atoms with van der Waals surface area (Å²) in [6.07, 6.45) is 15.6. The van der Waals surface area contributed by atoms with Crippen molar-refractivity contribution in [3.05, 3.63) is 82.7 Å². The Morgan fingerprint density at radius 2 is 2.20 bits per heavy atom. The van der Waals surface area contributed by atoms with Crippen LogP contribution in [0.4, 0.5) is 0 Å². The van der Waals surface area contributed by atoms with Gasteiger partial charge in [-0.1, -0.05) is 43.0 Å². The zero-order valence-electron chi connectivity index (χ0n) is 17.1. The monoisotopic (exact) mass is 393 g/mol. The second-order valence-electron chi connectivity index (χ2n) is 7.63. The third-order valence-corrected chi connectivity index (χ3v) is 5.56. The van der Waals surface area contributed by atoms with Gasteiger partial charge >= 0.3 is 0 Å². The lowest BCUT2D eigenvalue weighted by atomic mass is 10.0. The summed E-state index contributed by atoms with van der Waals surface area (Å²) < 4.78 is 1.80. The van der Waals surface area contributed by atoms with Crippen molar-refractivity contribution in [2.24, 2.45) is 7.05 Å². The predicted octanol–water partition coefficient (Wildman–Crippen LogP) is 3.93.